The van der Waals surface area contributed by atoms with Gasteiger partial charge in [0, 0.05) is 14.1 Å². The number of anilines is 2. The van der Waals surface area contributed by atoms with Crippen molar-refractivity contribution < 1.29 is 4.74 Å². The second-order valence-electron chi connectivity index (χ2n) is 2.66. The van der Waals surface area contributed by atoms with Crippen LogP contribution in [0.25, 0.3) is 0 Å². The van der Waals surface area contributed by atoms with Crippen molar-refractivity contribution >= 4 is 11.6 Å². The average Bonchev–Trinajstić information content (AvgIpc) is 2.04. The first-order chi connectivity index (χ1) is 5.65. The number of nitrogen functional groups attached to an aromatic ring is 1. The normalized spacial score (nSPS) is 9.58. The summed E-state index contributed by atoms with van der Waals surface area (Å²) < 4.78 is 5.10. The molecule has 0 aromatic carbocycles. The molecular weight excluding hydrogens is 154 g/mol. The predicted molar refractivity (Wildman–Crippen MR) is 49.5 cm³/mol. The molecule has 0 aliphatic carbocycles. The van der Waals surface area contributed by atoms with Crippen LogP contribution >= 0.6 is 0 Å². The molecule has 0 amide bonds. The lowest BCUT2D eigenvalue weighted by Crippen LogP contribution is -2.12. The summed E-state index contributed by atoms with van der Waals surface area (Å²) in [6.07, 6.45) is 0. The molecular formula is C8H13N3O. The minimum atomic E-state index is 0.500. The Labute approximate surface area is 72.0 Å². The van der Waals surface area contributed by atoms with Gasteiger partial charge in [-0.05, 0) is 12.1 Å². The van der Waals surface area contributed by atoms with Crippen molar-refractivity contribution in [3.8, 4) is 5.75 Å². The van der Waals surface area contributed by atoms with Crippen molar-refractivity contribution in [1.29, 1.82) is 0 Å². The first-order valence-corrected chi connectivity index (χ1v) is 3.63. The fourth-order valence-corrected chi connectivity index (χ4v) is 0.930. The van der Waals surface area contributed by atoms with Gasteiger partial charge in [-0.15, -0.1) is 0 Å². The molecule has 0 aliphatic heterocycles. The van der Waals surface area contributed by atoms with Crippen molar-refractivity contribution in [3.05, 3.63) is 12.1 Å². The molecule has 1 heterocycles. The number of nitrogens with zero attached hydrogens (tertiary/aromatic N) is 2. The third kappa shape index (κ3) is 1.58. The minimum absolute atomic E-state index is 0.500. The molecule has 0 fully saturated rings. The van der Waals surface area contributed by atoms with Gasteiger partial charge >= 0.3 is 0 Å². The Morgan fingerprint density at radius 3 is 2.58 bits per heavy atom. The molecule has 1 rings (SSSR count). The van der Waals surface area contributed by atoms with E-state index in [1.807, 2.05) is 19.0 Å². The topological polar surface area (TPSA) is 51.4 Å². The number of methoxy groups -OCH3 is 1. The molecule has 12 heavy (non-hydrogen) atoms. The summed E-state index contributed by atoms with van der Waals surface area (Å²) in [7, 11) is 5.40. The van der Waals surface area contributed by atoms with Gasteiger partial charge in [-0.1, -0.05) is 0 Å². The smallest absolute Gasteiger partial charge is 0.172 e. The zero-order valence-electron chi connectivity index (χ0n) is 7.53. The van der Waals surface area contributed by atoms with Gasteiger partial charge in [0.1, 0.15) is 5.82 Å². The van der Waals surface area contributed by atoms with Crippen LogP contribution in [0.15, 0.2) is 12.1 Å². The first-order valence-electron chi connectivity index (χ1n) is 3.63. The van der Waals surface area contributed by atoms with Gasteiger partial charge in [0.25, 0.3) is 0 Å². The molecule has 0 atom stereocenters. The zero-order chi connectivity index (χ0) is 9.14. The van der Waals surface area contributed by atoms with E-state index in [1.165, 1.54) is 0 Å². The van der Waals surface area contributed by atoms with Gasteiger partial charge in [-0.25, -0.2) is 4.98 Å². The second-order valence-corrected chi connectivity index (χ2v) is 2.66. The predicted octanol–water partition coefficient (Wildman–Crippen LogP) is 0.738. The van der Waals surface area contributed by atoms with E-state index in [0.29, 0.717) is 5.82 Å². The van der Waals surface area contributed by atoms with Crippen molar-refractivity contribution in [1.82, 2.24) is 4.98 Å². The summed E-state index contributed by atoms with van der Waals surface area (Å²) in [5, 5.41) is 0. The Hall–Kier alpha value is -1.45. The molecule has 2 N–H and O–H groups in total. The number of rotatable bonds is 2. The van der Waals surface area contributed by atoms with Gasteiger partial charge in [-0.2, -0.15) is 0 Å². The van der Waals surface area contributed by atoms with Gasteiger partial charge in [0.05, 0.1) is 7.11 Å². The SMILES string of the molecule is COc1ccc(N)nc1N(C)C. The summed E-state index contributed by atoms with van der Waals surface area (Å²) in [4.78, 5) is 5.98. The zero-order valence-corrected chi connectivity index (χ0v) is 7.53. The van der Waals surface area contributed by atoms with E-state index in [2.05, 4.69) is 4.98 Å². The minimum Gasteiger partial charge on any atom is -0.493 e. The van der Waals surface area contributed by atoms with Gasteiger partial charge in [0.15, 0.2) is 11.6 Å². The summed E-state index contributed by atoms with van der Waals surface area (Å²) in [5.74, 6) is 1.98. The van der Waals surface area contributed by atoms with Crippen LogP contribution in [-0.4, -0.2) is 26.2 Å². The third-order valence-corrected chi connectivity index (χ3v) is 1.50. The molecule has 1 aromatic rings. The van der Waals surface area contributed by atoms with E-state index < -0.39 is 0 Å². The molecule has 0 spiro atoms. The third-order valence-electron chi connectivity index (χ3n) is 1.50. The van der Waals surface area contributed by atoms with Crippen molar-refractivity contribution in [2.75, 3.05) is 31.8 Å². The van der Waals surface area contributed by atoms with Crippen LogP contribution in [0.4, 0.5) is 11.6 Å². The highest BCUT2D eigenvalue weighted by Gasteiger charge is 2.05. The average molecular weight is 167 g/mol. The van der Waals surface area contributed by atoms with Crippen LogP contribution in [0.1, 0.15) is 0 Å². The van der Waals surface area contributed by atoms with E-state index in [9.17, 15) is 0 Å². The fraction of sp³-hybridized carbons (Fsp3) is 0.375. The van der Waals surface area contributed by atoms with Crippen LogP contribution in [0.2, 0.25) is 0 Å². The summed E-state index contributed by atoms with van der Waals surface area (Å²) in [6, 6.07) is 3.52. The first kappa shape index (κ1) is 8.64. The molecule has 0 saturated carbocycles. The highest BCUT2D eigenvalue weighted by Crippen LogP contribution is 2.24. The Balaban J connectivity index is 3.12. The summed E-state index contributed by atoms with van der Waals surface area (Å²) in [5.41, 5.74) is 5.53. The molecule has 0 saturated heterocycles. The number of nitrogens with two attached hydrogens (primary N) is 1. The van der Waals surface area contributed by atoms with Gasteiger partial charge in [-0.3, -0.25) is 0 Å². The number of hydrogen-bond acceptors (Lipinski definition) is 4. The number of ether oxygens (including phenoxy) is 1. The molecule has 0 radical (unpaired) electrons. The maximum absolute atomic E-state index is 5.53. The van der Waals surface area contributed by atoms with Crippen LogP contribution in [0.5, 0.6) is 5.75 Å². The van der Waals surface area contributed by atoms with E-state index in [0.717, 1.165) is 11.6 Å². The standard InChI is InChI=1S/C8H13N3O/c1-11(2)8-6(12-3)4-5-7(9)10-8/h4-5H,1-3H3,(H2,9,10). The maximum Gasteiger partial charge on any atom is 0.172 e. The molecule has 66 valence electrons. The molecule has 0 bridgehead atoms. The van der Waals surface area contributed by atoms with Crippen LogP contribution in [0.3, 0.4) is 0 Å². The molecule has 4 heteroatoms. The highest BCUT2D eigenvalue weighted by molar-refractivity contribution is 5.55. The van der Waals surface area contributed by atoms with Crippen LogP contribution in [0, 0.1) is 0 Å². The Bertz CT molecular complexity index is 273. The van der Waals surface area contributed by atoms with Crippen molar-refractivity contribution in [3.63, 3.8) is 0 Å². The van der Waals surface area contributed by atoms with Gasteiger partial charge < -0.3 is 15.4 Å². The van der Waals surface area contributed by atoms with Crippen LogP contribution < -0.4 is 15.4 Å². The highest BCUT2D eigenvalue weighted by atomic mass is 16.5. The Morgan fingerprint density at radius 2 is 2.08 bits per heavy atom. The van der Waals surface area contributed by atoms with Crippen molar-refractivity contribution in [2.45, 2.75) is 0 Å². The lowest BCUT2D eigenvalue weighted by atomic mass is 10.4. The quantitative estimate of drug-likeness (QED) is 0.705. The number of hydrogen-bond donors (Lipinski definition) is 1. The van der Waals surface area contributed by atoms with Gasteiger partial charge in [0.2, 0.25) is 0 Å². The number of aromatic nitrogens is 1. The summed E-state index contributed by atoms with van der Waals surface area (Å²) in [6.45, 7) is 0. The monoisotopic (exact) mass is 167 g/mol. The Morgan fingerprint density at radius 1 is 1.42 bits per heavy atom. The molecule has 0 unspecified atom stereocenters. The van der Waals surface area contributed by atoms with E-state index in [4.69, 9.17) is 10.5 Å². The van der Waals surface area contributed by atoms with Crippen LogP contribution in [-0.2, 0) is 0 Å². The van der Waals surface area contributed by atoms with E-state index in [-0.39, 0.29) is 0 Å². The lowest BCUT2D eigenvalue weighted by Gasteiger charge is -2.14. The number of pyridine rings is 1. The second kappa shape index (κ2) is 3.30. The molecule has 1 aromatic heterocycles. The van der Waals surface area contributed by atoms with Crippen molar-refractivity contribution in [2.24, 2.45) is 0 Å². The Kier molecular flexibility index (Phi) is 2.38. The largest absolute Gasteiger partial charge is 0.493 e. The van der Waals surface area contributed by atoms with E-state index >= 15 is 0 Å². The fourth-order valence-electron chi connectivity index (χ4n) is 0.930. The van der Waals surface area contributed by atoms with E-state index in [1.54, 1.807) is 19.2 Å². The molecule has 4 nitrogen and oxygen atoms in total. The maximum atomic E-state index is 5.53. The molecule has 0 aliphatic rings. The summed E-state index contributed by atoms with van der Waals surface area (Å²) >= 11 is 0. The lowest BCUT2D eigenvalue weighted by molar-refractivity contribution is 0.413.